The number of aliphatic imine (C=N–C) groups is 1. The molecule has 1 atom stereocenters. The molecule has 1 aliphatic rings. The molecule has 0 bridgehead atoms. The highest BCUT2D eigenvalue weighted by Gasteiger charge is 2.23. The molecule has 0 aromatic heterocycles. The molecule has 2 aromatic carbocycles. The molecule has 33 heavy (non-hydrogen) atoms. The van der Waals surface area contributed by atoms with Gasteiger partial charge in [0.15, 0.2) is 5.96 Å². The fourth-order valence-corrected chi connectivity index (χ4v) is 3.86. The molecule has 2 N–H and O–H groups in total. The Balaban J connectivity index is 0.00000385. The van der Waals surface area contributed by atoms with Gasteiger partial charge < -0.3 is 29.7 Å². The van der Waals surface area contributed by atoms with Gasteiger partial charge in [0.1, 0.15) is 18.1 Å². The van der Waals surface area contributed by atoms with E-state index < -0.39 is 0 Å². The first-order valence-electron chi connectivity index (χ1n) is 11.2. The van der Waals surface area contributed by atoms with Crippen molar-refractivity contribution >= 4 is 35.6 Å². The quantitative estimate of drug-likeness (QED) is 0.197. The van der Waals surface area contributed by atoms with Crippen molar-refractivity contribution in [2.24, 2.45) is 10.9 Å². The maximum atomic E-state index is 5.90. The number of nitrogens with zero attached hydrogens (tertiary/aromatic N) is 2. The minimum absolute atomic E-state index is 0. The third kappa shape index (κ3) is 8.26. The average Bonchev–Trinajstić information content (AvgIpc) is 3.29. The van der Waals surface area contributed by atoms with Crippen molar-refractivity contribution in [2.45, 2.75) is 19.9 Å². The topological polar surface area (TPSA) is 67.4 Å². The molecule has 1 unspecified atom stereocenters. The number of methoxy groups -OCH3 is 2. The standard InChI is InChI=1S/C25H36N4O3.HI/c1-19-8-9-21(24(14-19)32-13-12-30-3)17-28-25(26-2)27-16-20-10-11-29(18-20)22-6-5-7-23(15-22)31-4;/h5-9,14-15,20H,10-13,16-18H2,1-4H3,(H2,26,27,28);1H. The minimum atomic E-state index is 0. The molecule has 8 heteroatoms. The van der Waals surface area contributed by atoms with Crippen LogP contribution >= 0.6 is 24.0 Å². The molecule has 2 aromatic rings. The summed E-state index contributed by atoms with van der Waals surface area (Å²) >= 11 is 0. The zero-order valence-electron chi connectivity index (χ0n) is 20.1. The van der Waals surface area contributed by atoms with Gasteiger partial charge in [-0.15, -0.1) is 24.0 Å². The minimum Gasteiger partial charge on any atom is -0.497 e. The molecule has 1 fully saturated rings. The number of guanidine groups is 1. The van der Waals surface area contributed by atoms with Crippen LogP contribution in [0.1, 0.15) is 17.5 Å². The number of ether oxygens (including phenoxy) is 3. The number of hydrogen-bond acceptors (Lipinski definition) is 5. The Kier molecular flexibility index (Phi) is 11.6. The van der Waals surface area contributed by atoms with Crippen LogP contribution in [0.5, 0.6) is 11.5 Å². The lowest BCUT2D eigenvalue weighted by Gasteiger charge is -2.20. The highest BCUT2D eigenvalue weighted by molar-refractivity contribution is 14.0. The van der Waals surface area contributed by atoms with E-state index in [1.54, 1.807) is 21.3 Å². The molecule has 0 saturated carbocycles. The van der Waals surface area contributed by atoms with Crippen LogP contribution in [-0.4, -0.2) is 60.1 Å². The molecular formula is C25H37IN4O3. The number of benzene rings is 2. The SMILES string of the molecule is CN=C(NCc1ccc(C)cc1OCCOC)NCC1CCN(c2cccc(OC)c2)C1.I. The Morgan fingerprint density at radius 1 is 1.12 bits per heavy atom. The monoisotopic (exact) mass is 568 g/mol. The summed E-state index contributed by atoms with van der Waals surface area (Å²) in [5.41, 5.74) is 3.49. The summed E-state index contributed by atoms with van der Waals surface area (Å²) in [5, 5.41) is 6.90. The predicted octanol–water partition coefficient (Wildman–Crippen LogP) is 3.84. The van der Waals surface area contributed by atoms with Crippen LogP contribution in [0.2, 0.25) is 0 Å². The molecule has 1 aliphatic heterocycles. The molecule has 0 spiro atoms. The van der Waals surface area contributed by atoms with E-state index in [1.807, 2.05) is 12.1 Å². The van der Waals surface area contributed by atoms with Gasteiger partial charge in [-0.1, -0.05) is 18.2 Å². The van der Waals surface area contributed by atoms with Crippen molar-refractivity contribution in [1.82, 2.24) is 10.6 Å². The lowest BCUT2D eigenvalue weighted by molar-refractivity contribution is 0.145. The van der Waals surface area contributed by atoms with Crippen molar-refractivity contribution in [1.29, 1.82) is 0 Å². The Morgan fingerprint density at radius 3 is 2.73 bits per heavy atom. The van der Waals surface area contributed by atoms with E-state index in [0.717, 1.165) is 49.1 Å². The van der Waals surface area contributed by atoms with Crippen LogP contribution in [-0.2, 0) is 11.3 Å². The van der Waals surface area contributed by atoms with Gasteiger partial charge in [0.05, 0.1) is 13.7 Å². The Morgan fingerprint density at radius 2 is 1.97 bits per heavy atom. The predicted molar refractivity (Wildman–Crippen MR) is 145 cm³/mol. The van der Waals surface area contributed by atoms with Gasteiger partial charge in [0.25, 0.3) is 0 Å². The third-order valence-electron chi connectivity index (χ3n) is 5.70. The highest BCUT2D eigenvalue weighted by atomic mass is 127. The summed E-state index contributed by atoms with van der Waals surface area (Å²) in [5.74, 6) is 3.14. The van der Waals surface area contributed by atoms with Crippen LogP contribution in [0.3, 0.4) is 0 Å². The number of rotatable bonds is 10. The van der Waals surface area contributed by atoms with E-state index in [9.17, 15) is 0 Å². The largest absolute Gasteiger partial charge is 0.497 e. The van der Waals surface area contributed by atoms with Crippen molar-refractivity contribution in [3.8, 4) is 11.5 Å². The summed E-state index contributed by atoms with van der Waals surface area (Å²) in [6.07, 6.45) is 1.15. The number of nitrogens with one attached hydrogen (secondary N) is 2. The van der Waals surface area contributed by atoms with E-state index in [-0.39, 0.29) is 24.0 Å². The summed E-state index contributed by atoms with van der Waals surface area (Å²) < 4.78 is 16.4. The average molecular weight is 569 g/mol. The molecule has 182 valence electrons. The first kappa shape index (κ1) is 27.0. The molecule has 1 heterocycles. The molecule has 1 saturated heterocycles. The van der Waals surface area contributed by atoms with Gasteiger partial charge in [-0.3, -0.25) is 4.99 Å². The van der Waals surface area contributed by atoms with Crippen molar-refractivity contribution in [2.75, 3.05) is 59.0 Å². The van der Waals surface area contributed by atoms with Gasteiger partial charge >= 0.3 is 0 Å². The molecule has 0 aliphatic carbocycles. The van der Waals surface area contributed by atoms with Crippen molar-refractivity contribution in [3.05, 3.63) is 53.6 Å². The zero-order chi connectivity index (χ0) is 22.8. The molecule has 7 nitrogen and oxygen atoms in total. The van der Waals surface area contributed by atoms with Crippen LogP contribution in [0.4, 0.5) is 5.69 Å². The van der Waals surface area contributed by atoms with Gasteiger partial charge in [-0.2, -0.15) is 0 Å². The zero-order valence-corrected chi connectivity index (χ0v) is 22.4. The van der Waals surface area contributed by atoms with Gasteiger partial charge in [0.2, 0.25) is 0 Å². The first-order chi connectivity index (χ1) is 15.6. The molecule has 0 radical (unpaired) electrons. The first-order valence-corrected chi connectivity index (χ1v) is 11.2. The Bertz CT molecular complexity index is 894. The molecule has 0 amide bonds. The maximum Gasteiger partial charge on any atom is 0.191 e. The van der Waals surface area contributed by atoms with Gasteiger partial charge in [-0.05, 0) is 43.0 Å². The van der Waals surface area contributed by atoms with E-state index in [1.165, 1.54) is 11.3 Å². The van der Waals surface area contributed by atoms with Crippen LogP contribution in [0.15, 0.2) is 47.5 Å². The number of aryl methyl sites for hydroxylation is 1. The van der Waals surface area contributed by atoms with Gasteiger partial charge in [-0.25, -0.2) is 0 Å². The van der Waals surface area contributed by atoms with Crippen molar-refractivity contribution in [3.63, 3.8) is 0 Å². The fourth-order valence-electron chi connectivity index (χ4n) is 3.86. The molecule has 3 rings (SSSR count). The van der Waals surface area contributed by atoms with Crippen LogP contribution < -0.4 is 25.0 Å². The lowest BCUT2D eigenvalue weighted by atomic mass is 10.1. The lowest BCUT2D eigenvalue weighted by Crippen LogP contribution is -2.40. The smallest absolute Gasteiger partial charge is 0.191 e. The van der Waals surface area contributed by atoms with E-state index in [2.05, 4.69) is 57.8 Å². The van der Waals surface area contributed by atoms with Gasteiger partial charge in [0, 0.05) is 57.7 Å². The Labute approximate surface area is 214 Å². The molecular weight excluding hydrogens is 531 g/mol. The second-order valence-corrected chi connectivity index (χ2v) is 8.06. The van der Waals surface area contributed by atoms with Crippen LogP contribution in [0, 0.1) is 12.8 Å². The van der Waals surface area contributed by atoms with Crippen LogP contribution in [0.25, 0.3) is 0 Å². The van der Waals surface area contributed by atoms with E-state index >= 15 is 0 Å². The number of anilines is 1. The third-order valence-corrected chi connectivity index (χ3v) is 5.70. The Hall–Kier alpha value is -2.20. The number of hydrogen-bond donors (Lipinski definition) is 2. The second kappa shape index (κ2) is 14.1. The normalized spacial score (nSPS) is 15.7. The summed E-state index contributed by atoms with van der Waals surface area (Å²) in [7, 11) is 5.19. The van der Waals surface area contributed by atoms with Crippen molar-refractivity contribution < 1.29 is 14.2 Å². The summed E-state index contributed by atoms with van der Waals surface area (Å²) in [4.78, 5) is 6.81. The fraction of sp³-hybridized carbons (Fsp3) is 0.480. The van der Waals surface area contributed by atoms with E-state index in [0.29, 0.717) is 25.7 Å². The second-order valence-electron chi connectivity index (χ2n) is 8.06. The maximum absolute atomic E-state index is 5.90. The number of halogens is 1. The summed E-state index contributed by atoms with van der Waals surface area (Å²) in [6.45, 7) is 6.76. The van der Waals surface area contributed by atoms with E-state index in [4.69, 9.17) is 14.2 Å². The highest BCUT2D eigenvalue weighted by Crippen LogP contribution is 2.26. The summed E-state index contributed by atoms with van der Waals surface area (Å²) in [6, 6.07) is 14.5.